The first-order valence-corrected chi connectivity index (χ1v) is 8.37. The predicted octanol–water partition coefficient (Wildman–Crippen LogP) is 3.95. The highest BCUT2D eigenvalue weighted by atomic mass is 35.5. The van der Waals surface area contributed by atoms with Crippen molar-refractivity contribution in [3.63, 3.8) is 0 Å². The van der Waals surface area contributed by atoms with E-state index in [2.05, 4.69) is 15.4 Å². The Morgan fingerprint density at radius 2 is 2.04 bits per heavy atom. The molecular weight excluding hydrogens is 361 g/mol. The normalized spacial score (nSPS) is 13.6. The summed E-state index contributed by atoms with van der Waals surface area (Å²) in [5.41, 5.74) is 1.49. The van der Waals surface area contributed by atoms with Crippen LogP contribution in [0.5, 0.6) is 0 Å². The molecule has 0 aliphatic heterocycles. The van der Waals surface area contributed by atoms with Gasteiger partial charge in [-0.3, -0.25) is 4.79 Å². The van der Waals surface area contributed by atoms with Crippen molar-refractivity contribution in [2.24, 2.45) is 5.92 Å². The topological polar surface area (TPSA) is 83.6 Å². The van der Waals surface area contributed by atoms with Crippen molar-refractivity contribution in [1.29, 1.82) is 5.26 Å². The van der Waals surface area contributed by atoms with Gasteiger partial charge in [-0.15, -0.1) is 0 Å². The number of halogens is 2. The summed E-state index contributed by atoms with van der Waals surface area (Å²) in [6.07, 6.45) is 5.13. The Balaban J connectivity index is 1.80. The number of fused-ring (bicyclic) bond motifs is 1. The van der Waals surface area contributed by atoms with Crippen molar-refractivity contribution in [2.75, 3.05) is 5.32 Å². The molecule has 1 aliphatic rings. The van der Waals surface area contributed by atoms with Crippen molar-refractivity contribution in [3.05, 3.63) is 46.2 Å². The van der Waals surface area contributed by atoms with Crippen LogP contribution >= 0.6 is 23.2 Å². The van der Waals surface area contributed by atoms with Crippen LogP contribution in [-0.2, 0) is 4.79 Å². The molecule has 8 heteroatoms. The number of anilines is 1. The zero-order chi connectivity index (χ0) is 17.6. The largest absolute Gasteiger partial charge is 0.310 e. The summed E-state index contributed by atoms with van der Waals surface area (Å²) >= 11 is 12.5. The fraction of sp³-hybridized carbons (Fsp3) is 0.176. The number of pyridine rings is 1. The fourth-order valence-corrected chi connectivity index (χ4v) is 3.23. The lowest BCUT2D eigenvalue weighted by atomic mass is 10.2. The van der Waals surface area contributed by atoms with Gasteiger partial charge in [-0.05, 0) is 31.0 Å². The number of rotatable bonds is 3. The van der Waals surface area contributed by atoms with E-state index < -0.39 is 0 Å². The molecule has 4 rings (SSSR count). The van der Waals surface area contributed by atoms with Crippen LogP contribution in [0.3, 0.4) is 0 Å². The van der Waals surface area contributed by atoms with Crippen molar-refractivity contribution >= 4 is 45.8 Å². The summed E-state index contributed by atoms with van der Waals surface area (Å²) in [6.45, 7) is 0. The van der Waals surface area contributed by atoms with E-state index in [0.29, 0.717) is 38.0 Å². The highest BCUT2D eigenvalue weighted by molar-refractivity contribution is 6.38. The molecule has 0 unspecified atom stereocenters. The van der Waals surface area contributed by atoms with Gasteiger partial charge >= 0.3 is 0 Å². The van der Waals surface area contributed by atoms with E-state index in [4.69, 9.17) is 28.5 Å². The van der Waals surface area contributed by atoms with Crippen molar-refractivity contribution < 1.29 is 4.79 Å². The zero-order valence-corrected chi connectivity index (χ0v) is 14.3. The predicted molar refractivity (Wildman–Crippen MR) is 95.0 cm³/mol. The monoisotopic (exact) mass is 371 g/mol. The molecule has 1 amide bonds. The molecular formula is C17H11Cl2N5O. The first kappa shape index (κ1) is 15.9. The fourth-order valence-electron chi connectivity index (χ4n) is 2.57. The number of aromatic nitrogens is 3. The lowest BCUT2D eigenvalue weighted by Crippen LogP contribution is -2.14. The average Bonchev–Trinajstić information content (AvgIpc) is 3.34. The number of hydrogen-bond acceptors (Lipinski definition) is 4. The van der Waals surface area contributed by atoms with Crippen molar-refractivity contribution in [3.8, 4) is 11.8 Å². The minimum absolute atomic E-state index is 0.0258. The first-order chi connectivity index (χ1) is 12.1. The number of amides is 1. The second-order valence-corrected chi connectivity index (χ2v) is 6.64. The average molecular weight is 372 g/mol. The van der Waals surface area contributed by atoms with E-state index in [-0.39, 0.29) is 11.8 Å². The Hall–Kier alpha value is -2.62. The molecule has 1 saturated carbocycles. The maximum absolute atomic E-state index is 12.0. The van der Waals surface area contributed by atoms with E-state index in [1.807, 2.05) is 6.07 Å². The molecule has 1 N–H and O–H groups in total. The van der Waals surface area contributed by atoms with Crippen LogP contribution < -0.4 is 5.32 Å². The Morgan fingerprint density at radius 3 is 2.68 bits per heavy atom. The molecule has 0 bridgehead atoms. The van der Waals surface area contributed by atoms with Crippen LogP contribution in [-0.4, -0.2) is 20.7 Å². The Labute approximate surface area is 153 Å². The summed E-state index contributed by atoms with van der Waals surface area (Å²) in [7, 11) is 0. The van der Waals surface area contributed by atoms with Gasteiger partial charge in [0.25, 0.3) is 0 Å². The molecule has 2 heterocycles. The standard InChI is InChI=1S/C17H11Cl2N5O/c18-12-5-9(7-20)6-13(19)15(12)24-8-11-14(23-24)3-4-21-16(11)22-17(25)10-1-2-10/h3-6,8,10H,1-2H2,(H,21,22,25). The third kappa shape index (κ3) is 2.93. The van der Waals surface area contributed by atoms with Crippen LogP contribution in [0.1, 0.15) is 18.4 Å². The van der Waals surface area contributed by atoms with E-state index in [1.54, 1.807) is 18.5 Å². The minimum atomic E-state index is -0.0258. The van der Waals surface area contributed by atoms with Gasteiger partial charge in [-0.1, -0.05) is 23.2 Å². The molecule has 3 aromatic rings. The highest BCUT2D eigenvalue weighted by Gasteiger charge is 2.30. The Morgan fingerprint density at radius 1 is 1.32 bits per heavy atom. The third-order valence-electron chi connectivity index (χ3n) is 4.00. The highest BCUT2D eigenvalue weighted by Crippen LogP contribution is 2.33. The second-order valence-electron chi connectivity index (χ2n) is 5.83. The summed E-state index contributed by atoms with van der Waals surface area (Å²) in [6, 6.07) is 6.81. The molecule has 0 saturated heterocycles. The molecule has 1 aliphatic carbocycles. The second kappa shape index (κ2) is 6.03. The van der Waals surface area contributed by atoms with Gasteiger partial charge in [-0.2, -0.15) is 10.4 Å². The molecule has 1 fully saturated rings. The Bertz CT molecular complexity index is 1030. The van der Waals surface area contributed by atoms with Crippen LogP contribution in [0.2, 0.25) is 10.0 Å². The van der Waals surface area contributed by atoms with Crippen LogP contribution in [0.25, 0.3) is 16.6 Å². The summed E-state index contributed by atoms with van der Waals surface area (Å²) < 4.78 is 1.53. The van der Waals surface area contributed by atoms with Gasteiger partial charge in [-0.25, -0.2) is 9.67 Å². The molecule has 0 spiro atoms. The molecule has 124 valence electrons. The number of nitriles is 1. The number of nitrogens with zero attached hydrogens (tertiary/aromatic N) is 4. The molecule has 6 nitrogen and oxygen atoms in total. The zero-order valence-electron chi connectivity index (χ0n) is 12.8. The van der Waals surface area contributed by atoms with Crippen LogP contribution in [0.15, 0.2) is 30.6 Å². The molecule has 25 heavy (non-hydrogen) atoms. The third-order valence-corrected chi connectivity index (χ3v) is 4.58. The first-order valence-electron chi connectivity index (χ1n) is 7.61. The summed E-state index contributed by atoms with van der Waals surface area (Å²) in [5, 5.41) is 17.6. The molecule has 0 radical (unpaired) electrons. The van der Waals surface area contributed by atoms with Gasteiger partial charge in [0.2, 0.25) is 5.91 Å². The van der Waals surface area contributed by atoms with Crippen molar-refractivity contribution in [2.45, 2.75) is 12.8 Å². The number of nitrogens with one attached hydrogen (secondary N) is 1. The van der Waals surface area contributed by atoms with Crippen molar-refractivity contribution in [1.82, 2.24) is 14.8 Å². The van der Waals surface area contributed by atoms with E-state index in [1.165, 1.54) is 16.8 Å². The maximum atomic E-state index is 12.0. The van der Waals surface area contributed by atoms with Gasteiger partial charge in [0, 0.05) is 18.3 Å². The smallest absolute Gasteiger partial charge is 0.228 e. The number of carbonyl (C=O) groups is 1. The van der Waals surface area contributed by atoms with Gasteiger partial charge in [0.05, 0.1) is 32.6 Å². The number of hydrogen-bond donors (Lipinski definition) is 1. The van der Waals surface area contributed by atoms with Crippen LogP contribution in [0, 0.1) is 17.2 Å². The Kier molecular flexibility index (Phi) is 3.83. The maximum Gasteiger partial charge on any atom is 0.228 e. The SMILES string of the molecule is N#Cc1cc(Cl)c(-n2cc3c(NC(=O)C4CC4)nccc3n2)c(Cl)c1. The number of benzene rings is 1. The molecule has 2 aromatic heterocycles. The minimum Gasteiger partial charge on any atom is -0.310 e. The quantitative estimate of drug-likeness (QED) is 0.755. The van der Waals surface area contributed by atoms with E-state index in [0.717, 1.165) is 12.8 Å². The lowest BCUT2D eigenvalue weighted by Gasteiger charge is -2.07. The van der Waals surface area contributed by atoms with Gasteiger partial charge < -0.3 is 5.32 Å². The lowest BCUT2D eigenvalue weighted by molar-refractivity contribution is -0.117. The van der Waals surface area contributed by atoms with Gasteiger partial charge in [0.1, 0.15) is 11.5 Å². The summed E-state index contributed by atoms with van der Waals surface area (Å²) in [5.74, 6) is 0.512. The number of carbonyl (C=O) groups excluding carboxylic acids is 1. The van der Waals surface area contributed by atoms with Crippen LogP contribution in [0.4, 0.5) is 5.82 Å². The molecule has 1 aromatic carbocycles. The summed E-state index contributed by atoms with van der Waals surface area (Å²) in [4.78, 5) is 16.3. The van der Waals surface area contributed by atoms with Gasteiger partial charge in [0.15, 0.2) is 0 Å². The molecule has 0 atom stereocenters. The van der Waals surface area contributed by atoms with E-state index >= 15 is 0 Å². The van der Waals surface area contributed by atoms with E-state index in [9.17, 15) is 4.79 Å².